The Morgan fingerprint density at radius 3 is 2.73 bits per heavy atom. The van der Waals surface area contributed by atoms with Crippen LogP contribution in [0.2, 0.25) is 0 Å². The number of aryl methyl sites for hydroxylation is 2. The average Bonchev–Trinajstić information content (AvgIpc) is 3.37. The average molecular weight is 449 g/mol. The lowest BCUT2D eigenvalue weighted by atomic mass is 9.98. The number of methoxy groups -OCH3 is 1. The van der Waals surface area contributed by atoms with Gasteiger partial charge in [-0.15, -0.1) is 0 Å². The fraction of sp³-hybridized carbons (Fsp3) is 0.407. The van der Waals surface area contributed by atoms with Gasteiger partial charge in [0, 0.05) is 18.5 Å². The summed E-state index contributed by atoms with van der Waals surface area (Å²) in [5.41, 5.74) is 3.64. The molecule has 1 aliphatic heterocycles. The Morgan fingerprint density at radius 1 is 1.18 bits per heavy atom. The van der Waals surface area contributed by atoms with E-state index >= 15 is 0 Å². The van der Waals surface area contributed by atoms with Crippen LogP contribution >= 0.6 is 0 Å². The first-order chi connectivity index (χ1) is 15.9. The second-order valence-corrected chi connectivity index (χ2v) is 8.92. The summed E-state index contributed by atoms with van der Waals surface area (Å²) < 4.78 is 17.0. The summed E-state index contributed by atoms with van der Waals surface area (Å²) in [5, 5.41) is 0. The van der Waals surface area contributed by atoms with Crippen molar-refractivity contribution in [3.05, 3.63) is 71.1 Å². The fourth-order valence-electron chi connectivity index (χ4n) is 4.42. The van der Waals surface area contributed by atoms with Gasteiger partial charge < -0.3 is 13.9 Å². The summed E-state index contributed by atoms with van der Waals surface area (Å²) in [5.74, 6) is 2.11. The third kappa shape index (κ3) is 5.11. The van der Waals surface area contributed by atoms with E-state index < -0.39 is 5.54 Å². The lowest BCUT2D eigenvalue weighted by Gasteiger charge is -2.32. The van der Waals surface area contributed by atoms with Gasteiger partial charge in [0.1, 0.15) is 17.0 Å². The largest absolute Gasteiger partial charge is 0.493 e. The zero-order valence-corrected chi connectivity index (χ0v) is 19.9. The van der Waals surface area contributed by atoms with E-state index in [9.17, 15) is 4.79 Å². The van der Waals surface area contributed by atoms with E-state index in [2.05, 4.69) is 35.0 Å². The van der Waals surface area contributed by atoms with Gasteiger partial charge >= 0.3 is 5.97 Å². The SMILES string of the molecule is COC(=O)C1(C)CCCN1Cc1cccc(OCCc2nc(-c3ccc(C)cc3)oc2C)c1. The molecule has 1 saturated heterocycles. The Bertz CT molecular complexity index is 1110. The second kappa shape index (κ2) is 9.79. The van der Waals surface area contributed by atoms with Gasteiger partial charge in [-0.2, -0.15) is 0 Å². The molecule has 2 aromatic carbocycles. The number of rotatable bonds is 8. The van der Waals surface area contributed by atoms with Crippen LogP contribution in [0.15, 0.2) is 52.9 Å². The van der Waals surface area contributed by atoms with Crippen LogP contribution in [-0.4, -0.2) is 41.7 Å². The van der Waals surface area contributed by atoms with Gasteiger partial charge in [-0.25, -0.2) is 4.98 Å². The summed E-state index contributed by atoms with van der Waals surface area (Å²) in [7, 11) is 1.46. The molecule has 0 aliphatic carbocycles. The number of nitrogens with zero attached hydrogens (tertiary/aromatic N) is 2. The number of carbonyl (C=O) groups excluding carboxylic acids is 1. The van der Waals surface area contributed by atoms with Crippen LogP contribution in [0.1, 0.15) is 42.3 Å². The first-order valence-corrected chi connectivity index (χ1v) is 11.5. The molecule has 0 spiro atoms. The van der Waals surface area contributed by atoms with Gasteiger partial charge in [-0.1, -0.05) is 29.8 Å². The van der Waals surface area contributed by atoms with Gasteiger partial charge in [0.05, 0.1) is 19.4 Å². The van der Waals surface area contributed by atoms with E-state index in [0.29, 0.717) is 25.5 Å². The summed E-state index contributed by atoms with van der Waals surface area (Å²) >= 11 is 0. The van der Waals surface area contributed by atoms with Gasteiger partial charge in [-0.3, -0.25) is 9.69 Å². The van der Waals surface area contributed by atoms with Crippen LogP contribution in [-0.2, 0) is 22.5 Å². The maximum atomic E-state index is 12.3. The zero-order valence-electron chi connectivity index (χ0n) is 19.9. The molecule has 1 aliphatic rings. The van der Waals surface area contributed by atoms with Gasteiger partial charge in [-0.05, 0) is 70.0 Å². The van der Waals surface area contributed by atoms with Crippen molar-refractivity contribution in [2.24, 2.45) is 0 Å². The lowest BCUT2D eigenvalue weighted by molar-refractivity contribution is -0.152. The molecular formula is C27H32N2O4. The number of hydrogen-bond donors (Lipinski definition) is 0. The summed E-state index contributed by atoms with van der Waals surface area (Å²) in [6.45, 7) is 8.04. The number of carbonyl (C=O) groups is 1. The Balaban J connectivity index is 1.36. The first kappa shape index (κ1) is 23.1. The van der Waals surface area contributed by atoms with Crippen LogP contribution in [0.5, 0.6) is 5.75 Å². The summed E-state index contributed by atoms with van der Waals surface area (Å²) in [6, 6.07) is 16.2. The van der Waals surface area contributed by atoms with Crippen molar-refractivity contribution in [3.8, 4) is 17.2 Å². The molecule has 174 valence electrons. The molecule has 0 radical (unpaired) electrons. The number of aromatic nitrogens is 1. The van der Waals surface area contributed by atoms with E-state index in [1.165, 1.54) is 12.7 Å². The van der Waals surface area contributed by atoms with Crippen LogP contribution < -0.4 is 4.74 Å². The maximum absolute atomic E-state index is 12.3. The van der Waals surface area contributed by atoms with Crippen molar-refractivity contribution >= 4 is 5.97 Å². The van der Waals surface area contributed by atoms with E-state index in [0.717, 1.165) is 47.7 Å². The highest BCUT2D eigenvalue weighted by Crippen LogP contribution is 2.32. The van der Waals surface area contributed by atoms with Crippen molar-refractivity contribution in [2.45, 2.75) is 52.1 Å². The third-order valence-corrected chi connectivity index (χ3v) is 6.49. The van der Waals surface area contributed by atoms with E-state index in [-0.39, 0.29) is 5.97 Å². The molecule has 0 N–H and O–H groups in total. The van der Waals surface area contributed by atoms with Gasteiger partial charge in [0.15, 0.2) is 0 Å². The van der Waals surface area contributed by atoms with Crippen molar-refractivity contribution in [1.82, 2.24) is 9.88 Å². The minimum Gasteiger partial charge on any atom is -0.493 e. The van der Waals surface area contributed by atoms with Crippen LogP contribution in [0.3, 0.4) is 0 Å². The topological polar surface area (TPSA) is 64.8 Å². The number of likely N-dealkylation sites (tertiary alicyclic amines) is 1. The molecule has 4 rings (SSSR count). The molecule has 33 heavy (non-hydrogen) atoms. The third-order valence-electron chi connectivity index (χ3n) is 6.49. The minimum atomic E-state index is -0.564. The molecular weight excluding hydrogens is 416 g/mol. The van der Waals surface area contributed by atoms with Crippen LogP contribution in [0.4, 0.5) is 0 Å². The Labute approximate surface area is 195 Å². The minimum absolute atomic E-state index is 0.166. The maximum Gasteiger partial charge on any atom is 0.326 e. The number of esters is 1. The van der Waals surface area contributed by atoms with E-state index in [1.54, 1.807) is 0 Å². The van der Waals surface area contributed by atoms with Crippen molar-refractivity contribution in [2.75, 3.05) is 20.3 Å². The normalized spacial score (nSPS) is 18.4. The first-order valence-electron chi connectivity index (χ1n) is 11.5. The highest BCUT2D eigenvalue weighted by atomic mass is 16.5. The number of oxazole rings is 1. The van der Waals surface area contributed by atoms with E-state index in [1.807, 2.05) is 44.2 Å². The molecule has 6 heteroatoms. The highest BCUT2D eigenvalue weighted by Gasteiger charge is 2.44. The monoisotopic (exact) mass is 448 g/mol. The molecule has 6 nitrogen and oxygen atoms in total. The standard InChI is InChI=1S/C27H32N2O4/c1-19-9-11-22(12-10-19)25-28-24(20(2)33-25)13-16-32-23-8-5-7-21(17-23)18-29-15-6-14-27(29,3)26(30)31-4/h5,7-12,17H,6,13-16,18H2,1-4H3. The van der Waals surface area contributed by atoms with Gasteiger partial charge in [0.2, 0.25) is 5.89 Å². The van der Waals surface area contributed by atoms with Crippen molar-refractivity contribution in [3.63, 3.8) is 0 Å². The number of hydrogen-bond acceptors (Lipinski definition) is 6. The molecule has 3 aromatic rings. The molecule has 0 bridgehead atoms. The van der Waals surface area contributed by atoms with Crippen molar-refractivity contribution < 1.29 is 18.7 Å². The Kier molecular flexibility index (Phi) is 6.84. The lowest BCUT2D eigenvalue weighted by Crippen LogP contribution is -2.48. The zero-order chi connectivity index (χ0) is 23.4. The Morgan fingerprint density at radius 2 is 1.97 bits per heavy atom. The van der Waals surface area contributed by atoms with Crippen LogP contribution in [0.25, 0.3) is 11.5 Å². The molecule has 0 amide bonds. The van der Waals surface area contributed by atoms with Crippen molar-refractivity contribution in [1.29, 1.82) is 0 Å². The molecule has 2 heterocycles. The summed E-state index contributed by atoms with van der Waals surface area (Å²) in [6.07, 6.45) is 2.47. The highest BCUT2D eigenvalue weighted by molar-refractivity contribution is 5.80. The quantitative estimate of drug-likeness (QED) is 0.446. The number of ether oxygens (including phenoxy) is 2. The molecule has 1 aromatic heterocycles. The van der Waals surface area contributed by atoms with Crippen LogP contribution in [0, 0.1) is 13.8 Å². The molecule has 1 atom stereocenters. The number of benzene rings is 2. The molecule has 0 saturated carbocycles. The predicted molar refractivity (Wildman–Crippen MR) is 127 cm³/mol. The molecule has 1 fully saturated rings. The molecule has 1 unspecified atom stereocenters. The smallest absolute Gasteiger partial charge is 0.326 e. The summed E-state index contributed by atoms with van der Waals surface area (Å²) in [4.78, 5) is 19.2. The Hall–Kier alpha value is -3.12. The second-order valence-electron chi connectivity index (χ2n) is 8.92. The predicted octanol–water partition coefficient (Wildman–Crippen LogP) is 5.11. The van der Waals surface area contributed by atoms with E-state index in [4.69, 9.17) is 13.9 Å². The van der Waals surface area contributed by atoms with Gasteiger partial charge in [0.25, 0.3) is 0 Å². The fourth-order valence-corrected chi connectivity index (χ4v) is 4.42.